The third-order valence-electron chi connectivity index (χ3n) is 5.20. The van der Waals surface area contributed by atoms with E-state index >= 15 is 0 Å². The second kappa shape index (κ2) is 5.58. The number of ether oxygens (including phenoxy) is 2. The molecule has 0 aromatic rings. The van der Waals surface area contributed by atoms with Crippen LogP contribution >= 0.6 is 0 Å². The van der Waals surface area contributed by atoms with E-state index in [0.717, 1.165) is 38.0 Å². The Morgan fingerprint density at radius 1 is 1.30 bits per heavy atom. The van der Waals surface area contributed by atoms with Gasteiger partial charge in [0.2, 0.25) is 0 Å². The van der Waals surface area contributed by atoms with E-state index in [1.54, 1.807) is 0 Å². The van der Waals surface area contributed by atoms with E-state index in [-0.39, 0.29) is 24.1 Å². The smallest absolute Gasteiger partial charge is 0.330 e. The maximum Gasteiger partial charge on any atom is 0.330 e. The van der Waals surface area contributed by atoms with Gasteiger partial charge in [0, 0.05) is 12.5 Å². The topological polar surface area (TPSA) is 52.6 Å². The summed E-state index contributed by atoms with van der Waals surface area (Å²) in [5.74, 6) is 1.59. The second-order valence-corrected chi connectivity index (χ2v) is 6.39. The Morgan fingerprint density at radius 3 is 2.75 bits per heavy atom. The monoisotopic (exact) mass is 278 g/mol. The normalized spacial score (nSPS) is 38.8. The van der Waals surface area contributed by atoms with Gasteiger partial charge in [0.25, 0.3) is 0 Å². The molecule has 5 atom stereocenters. The van der Waals surface area contributed by atoms with Crippen molar-refractivity contribution in [1.29, 1.82) is 0 Å². The van der Waals surface area contributed by atoms with Gasteiger partial charge in [-0.25, -0.2) is 4.79 Å². The number of fused-ring (bicyclic) bond motifs is 2. The summed E-state index contributed by atoms with van der Waals surface area (Å²) in [6.07, 6.45) is 8.45. The molecule has 1 aliphatic heterocycles. The van der Waals surface area contributed by atoms with Crippen molar-refractivity contribution in [1.82, 2.24) is 0 Å². The van der Waals surface area contributed by atoms with Gasteiger partial charge in [0.15, 0.2) is 0 Å². The molecule has 110 valence electrons. The SMILES string of the molecule is C=CC(=O)OC1CC2CC1CC2CCC1CCC(=O)O1. The fourth-order valence-corrected chi connectivity index (χ4v) is 4.22. The van der Waals surface area contributed by atoms with Crippen molar-refractivity contribution >= 4 is 11.9 Å². The van der Waals surface area contributed by atoms with Crippen LogP contribution in [0.5, 0.6) is 0 Å². The van der Waals surface area contributed by atoms with Crippen molar-refractivity contribution in [2.24, 2.45) is 17.8 Å². The van der Waals surface area contributed by atoms with Crippen molar-refractivity contribution in [3.63, 3.8) is 0 Å². The Morgan fingerprint density at radius 2 is 2.15 bits per heavy atom. The first-order valence-corrected chi connectivity index (χ1v) is 7.68. The van der Waals surface area contributed by atoms with E-state index in [1.807, 2.05) is 0 Å². The standard InChI is InChI=1S/C16H22O4/c1-2-15(17)20-14-9-11-8-12(14)7-10(11)3-4-13-5-6-16(18)19-13/h2,10-14H,1,3-9H2. The van der Waals surface area contributed by atoms with Gasteiger partial charge in [0.05, 0.1) is 0 Å². The first kappa shape index (κ1) is 13.7. The van der Waals surface area contributed by atoms with Gasteiger partial charge in [-0.05, 0) is 56.3 Å². The van der Waals surface area contributed by atoms with Gasteiger partial charge in [0.1, 0.15) is 12.2 Å². The van der Waals surface area contributed by atoms with Crippen molar-refractivity contribution < 1.29 is 19.1 Å². The van der Waals surface area contributed by atoms with Crippen LogP contribution in [0, 0.1) is 17.8 Å². The van der Waals surface area contributed by atoms with Crippen molar-refractivity contribution in [3.05, 3.63) is 12.7 Å². The summed E-state index contributed by atoms with van der Waals surface area (Å²) in [7, 11) is 0. The van der Waals surface area contributed by atoms with Gasteiger partial charge in [-0.3, -0.25) is 4.79 Å². The van der Waals surface area contributed by atoms with Gasteiger partial charge in [-0.2, -0.15) is 0 Å². The maximum absolute atomic E-state index is 11.3. The highest BCUT2D eigenvalue weighted by Crippen LogP contribution is 2.51. The summed E-state index contributed by atoms with van der Waals surface area (Å²) in [4.78, 5) is 22.3. The van der Waals surface area contributed by atoms with E-state index in [4.69, 9.17) is 9.47 Å². The van der Waals surface area contributed by atoms with Crippen LogP contribution in [0.15, 0.2) is 12.7 Å². The molecular formula is C16H22O4. The number of carbonyl (C=O) groups is 2. The molecule has 0 aromatic heterocycles. The molecule has 3 aliphatic rings. The Kier molecular flexibility index (Phi) is 3.81. The predicted molar refractivity (Wildman–Crippen MR) is 72.7 cm³/mol. The first-order valence-electron chi connectivity index (χ1n) is 7.68. The third kappa shape index (κ3) is 2.74. The zero-order chi connectivity index (χ0) is 14.1. The zero-order valence-electron chi connectivity index (χ0n) is 11.8. The third-order valence-corrected chi connectivity index (χ3v) is 5.20. The zero-order valence-corrected chi connectivity index (χ0v) is 11.8. The first-order chi connectivity index (χ1) is 9.65. The number of hydrogen-bond acceptors (Lipinski definition) is 4. The van der Waals surface area contributed by atoms with Crippen LogP contribution in [0.1, 0.15) is 44.9 Å². The fraction of sp³-hybridized carbons (Fsp3) is 0.750. The van der Waals surface area contributed by atoms with E-state index in [2.05, 4.69) is 6.58 Å². The molecule has 4 nitrogen and oxygen atoms in total. The van der Waals surface area contributed by atoms with Gasteiger partial charge < -0.3 is 9.47 Å². The van der Waals surface area contributed by atoms with Crippen LogP contribution in [-0.4, -0.2) is 24.1 Å². The van der Waals surface area contributed by atoms with Crippen LogP contribution in [-0.2, 0) is 19.1 Å². The lowest BCUT2D eigenvalue weighted by Crippen LogP contribution is -2.27. The molecule has 1 heterocycles. The summed E-state index contributed by atoms with van der Waals surface area (Å²) in [5.41, 5.74) is 0. The van der Waals surface area contributed by atoms with Crippen LogP contribution in [0.3, 0.4) is 0 Å². The molecule has 5 unspecified atom stereocenters. The lowest BCUT2D eigenvalue weighted by Gasteiger charge is -2.28. The summed E-state index contributed by atoms with van der Waals surface area (Å²) in [6.45, 7) is 3.44. The molecule has 3 fully saturated rings. The van der Waals surface area contributed by atoms with Crippen molar-refractivity contribution in [2.75, 3.05) is 0 Å². The number of hydrogen-bond donors (Lipinski definition) is 0. The lowest BCUT2D eigenvalue weighted by atomic mass is 9.83. The van der Waals surface area contributed by atoms with E-state index in [9.17, 15) is 9.59 Å². The minimum Gasteiger partial charge on any atom is -0.462 e. The van der Waals surface area contributed by atoms with Crippen molar-refractivity contribution in [2.45, 2.75) is 57.2 Å². The molecule has 1 saturated heterocycles. The molecule has 4 heteroatoms. The molecule has 3 rings (SSSR count). The minimum absolute atomic E-state index is 0.0423. The molecule has 0 radical (unpaired) electrons. The van der Waals surface area contributed by atoms with E-state index in [1.165, 1.54) is 12.5 Å². The quantitative estimate of drug-likeness (QED) is 0.573. The molecule has 2 saturated carbocycles. The molecular weight excluding hydrogens is 256 g/mol. The summed E-state index contributed by atoms with van der Waals surface area (Å²) in [5, 5.41) is 0. The Labute approximate surface area is 119 Å². The highest BCUT2D eigenvalue weighted by Gasteiger charge is 2.47. The van der Waals surface area contributed by atoms with E-state index < -0.39 is 0 Å². The van der Waals surface area contributed by atoms with Gasteiger partial charge >= 0.3 is 11.9 Å². The summed E-state index contributed by atoms with van der Waals surface area (Å²) in [6, 6.07) is 0. The van der Waals surface area contributed by atoms with Gasteiger partial charge in [-0.1, -0.05) is 6.58 Å². The molecule has 2 aliphatic carbocycles. The molecule has 2 bridgehead atoms. The molecule has 0 spiro atoms. The van der Waals surface area contributed by atoms with Crippen LogP contribution < -0.4 is 0 Å². The second-order valence-electron chi connectivity index (χ2n) is 6.39. The van der Waals surface area contributed by atoms with Crippen LogP contribution in [0.25, 0.3) is 0 Å². The average molecular weight is 278 g/mol. The molecule has 0 aromatic carbocycles. The highest BCUT2D eigenvalue weighted by atomic mass is 16.6. The minimum atomic E-state index is -0.294. The summed E-state index contributed by atoms with van der Waals surface area (Å²) >= 11 is 0. The number of esters is 2. The van der Waals surface area contributed by atoms with E-state index in [0.29, 0.717) is 18.3 Å². The number of carbonyl (C=O) groups excluding carboxylic acids is 2. The fourth-order valence-electron chi connectivity index (χ4n) is 4.22. The Hall–Kier alpha value is -1.32. The Balaban J connectivity index is 1.43. The van der Waals surface area contributed by atoms with Crippen LogP contribution in [0.4, 0.5) is 0 Å². The molecule has 20 heavy (non-hydrogen) atoms. The molecule has 0 N–H and O–H groups in total. The number of rotatable bonds is 5. The highest BCUT2D eigenvalue weighted by molar-refractivity contribution is 5.81. The number of cyclic esters (lactones) is 1. The predicted octanol–water partition coefficient (Wildman–Crippen LogP) is 2.62. The lowest BCUT2D eigenvalue weighted by molar-refractivity contribution is -0.145. The largest absolute Gasteiger partial charge is 0.462 e. The summed E-state index contributed by atoms with van der Waals surface area (Å²) < 4.78 is 10.7. The molecule has 0 amide bonds. The maximum atomic E-state index is 11.3. The Bertz CT molecular complexity index is 417. The van der Waals surface area contributed by atoms with Gasteiger partial charge in [-0.15, -0.1) is 0 Å². The average Bonchev–Trinajstić information content (AvgIpc) is 3.11. The van der Waals surface area contributed by atoms with Crippen LogP contribution in [0.2, 0.25) is 0 Å². The van der Waals surface area contributed by atoms with Crippen molar-refractivity contribution in [3.8, 4) is 0 Å².